The van der Waals surface area contributed by atoms with Gasteiger partial charge in [-0.05, 0) is 25.0 Å². The highest BCUT2D eigenvalue weighted by Crippen LogP contribution is 2.27. The number of carbonyl (C=O) groups is 3. The van der Waals surface area contributed by atoms with E-state index in [1.807, 2.05) is 0 Å². The summed E-state index contributed by atoms with van der Waals surface area (Å²) in [5.41, 5.74) is -0.204. The molecule has 0 unspecified atom stereocenters. The Balaban J connectivity index is 2.14. The highest BCUT2D eigenvalue weighted by Gasteiger charge is 2.21. The SMILES string of the molecule is Cc1cc(F)c(F)c(OC(=O)CCCC(=O)NCCOCCOCCC(=O)O)c1F. The van der Waals surface area contributed by atoms with E-state index in [-0.39, 0.29) is 70.1 Å². The fourth-order valence-electron chi connectivity index (χ4n) is 2.18. The summed E-state index contributed by atoms with van der Waals surface area (Å²) in [6, 6.07) is 0.655. The molecule has 1 aromatic carbocycles. The van der Waals surface area contributed by atoms with Crippen molar-refractivity contribution >= 4 is 17.8 Å². The quantitative estimate of drug-likeness (QED) is 0.199. The predicted molar refractivity (Wildman–Crippen MR) is 97.4 cm³/mol. The number of nitrogens with one attached hydrogen (secondary N) is 1. The molecular weight excluding hydrogens is 411 g/mol. The Kier molecular flexibility index (Phi) is 11.5. The minimum Gasteiger partial charge on any atom is -0.481 e. The summed E-state index contributed by atoms with van der Waals surface area (Å²) >= 11 is 0. The van der Waals surface area contributed by atoms with E-state index < -0.39 is 35.1 Å². The fourth-order valence-corrected chi connectivity index (χ4v) is 2.18. The van der Waals surface area contributed by atoms with Gasteiger partial charge in [0.1, 0.15) is 0 Å². The Morgan fingerprint density at radius 1 is 0.967 bits per heavy atom. The third-order valence-electron chi connectivity index (χ3n) is 3.70. The van der Waals surface area contributed by atoms with E-state index in [1.54, 1.807) is 0 Å². The van der Waals surface area contributed by atoms with Crippen LogP contribution < -0.4 is 10.1 Å². The van der Waals surface area contributed by atoms with Gasteiger partial charge in [-0.3, -0.25) is 14.4 Å². The molecule has 11 heteroatoms. The van der Waals surface area contributed by atoms with Gasteiger partial charge in [-0.25, -0.2) is 8.78 Å². The summed E-state index contributed by atoms with van der Waals surface area (Å²) in [6.45, 7) is 2.21. The largest absolute Gasteiger partial charge is 0.481 e. The van der Waals surface area contributed by atoms with E-state index in [2.05, 4.69) is 10.1 Å². The first kappa shape index (κ1) is 25.4. The highest BCUT2D eigenvalue weighted by molar-refractivity contribution is 5.77. The van der Waals surface area contributed by atoms with Crippen LogP contribution in [0.15, 0.2) is 6.07 Å². The molecule has 0 spiro atoms. The van der Waals surface area contributed by atoms with Gasteiger partial charge in [0.15, 0.2) is 11.6 Å². The maximum Gasteiger partial charge on any atom is 0.311 e. The van der Waals surface area contributed by atoms with Crippen LogP contribution in [-0.4, -0.2) is 55.9 Å². The van der Waals surface area contributed by atoms with Gasteiger partial charge in [-0.2, -0.15) is 4.39 Å². The van der Waals surface area contributed by atoms with E-state index in [9.17, 15) is 27.6 Å². The van der Waals surface area contributed by atoms with Crippen molar-refractivity contribution in [1.29, 1.82) is 0 Å². The minimum absolute atomic E-state index is 0.0272. The lowest BCUT2D eigenvalue weighted by Gasteiger charge is -2.09. The summed E-state index contributed by atoms with van der Waals surface area (Å²) in [5, 5.41) is 11.0. The van der Waals surface area contributed by atoms with Gasteiger partial charge in [0.2, 0.25) is 17.5 Å². The molecule has 168 valence electrons. The molecular formula is C19H24F3NO7. The third-order valence-corrected chi connectivity index (χ3v) is 3.70. The molecule has 0 aromatic heterocycles. The number of benzene rings is 1. The molecule has 0 fully saturated rings. The van der Waals surface area contributed by atoms with Crippen molar-refractivity contribution in [2.75, 3.05) is 33.0 Å². The third kappa shape index (κ3) is 9.70. The monoisotopic (exact) mass is 435 g/mol. The van der Waals surface area contributed by atoms with Crippen molar-refractivity contribution in [2.45, 2.75) is 32.6 Å². The van der Waals surface area contributed by atoms with Crippen LogP contribution in [0.4, 0.5) is 13.2 Å². The van der Waals surface area contributed by atoms with Gasteiger partial charge in [-0.1, -0.05) is 0 Å². The van der Waals surface area contributed by atoms with Crippen molar-refractivity contribution in [2.24, 2.45) is 0 Å². The number of aliphatic carboxylic acids is 1. The molecule has 0 bridgehead atoms. The summed E-state index contributed by atoms with van der Waals surface area (Å²) in [5.74, 6) is -7.46. The lowest BCUT2D eigenvalue weighted by atomic mass is 10.2. The maximum atomic E-state index is 13.8. The van der Waals surface area contributed by atoms with Crippen LogP contribution in [0.2, 0.25) is 0 Å². The van der Waals surface area contributed by atoms with E-state index in [0.717, 1.165) is 0 Å². The standard InChI is InChI=1S/C19H24F3NO7/c1-12-11-13(20)18(22)19(17(12)21)30-16(27)4-2-3-14(24)23-6-8-29-10-9-28-7-5-15(25)26/h11H,2-10H2,1H3,(H,23,24)(H,25,26). The molecule has 2 N–H and O–H groups in total. The van der Waals surface area contributed by atoms with Crippen LogP contribution in [0.3, 0.4) is 0 Å². The summed E-state index contributed by atoms with van der Waals surface area (Å²) in [4.78, 5) is 33.6. The predicted octanol–water partition coefficient (Wildman–Crippen LogP) is 2.11. The fraction of sp³-hybridized carbons (Fsp3) is 0.526. The molecule has 1 aromatic rings. The molecule has 0 atom stereocenters. The lowest BCUT2D eigenvalue weighted by molar-refractivity contribution is -0.138. The van der Waals surface area contributed by atoms with Crippen LogP contribution in [0, 0.1) is 24.4 Å². The van der Waals surface area contributed by atoms with Crippen LogP contribution >= 0.6 is 0 Å². The molecule has 0 saturated carbocycles. The normalized spacial score (nSPS) is 10.7. The number of carboxylic acid groups (broad SMARTS) is 1. The first-order valence-electron chi connectivity index (χ1n) is 9.21. The Morgan fingerprint density at radius 3 is 2.30 bits per heavy atom. The van der Waals surface area contributed by atoms with Crippen molar-refractivity contribution in [1.82, 2.24) is 5.32 Å². The van der Waals surface area contributed by atoms with Crippen molar-refractivity contribution in [3.8, 4) is 5.75 Å². The first-order valence-corrected chi connectivity index (χ1v) is 9.21. The molecule has 0 aliphatic rings. The summed E-state index contributed by atoms with van der Waals surface area (Å²) in [7, 11) is 0. The highest BCUT2D eigenvalue weighted by atomic mass is 19.2. The van der Waals surface area contributed by atoms with Crippen LogP contribution in [0.1, 0.15) is 31.2 Å². The van der Waals surface area contributed by atoms with Gasteiger partial charge in [-0.15, -0.1) is 0 Å². The number of hydrogen-bond donors (Lipinski definition) is 2. The molecule has 0 aliphatic heterocycles. The molecule has 1 amide bonds. The van der Waals surface area contributed by atoms with Crippen molar-refractivity contribution in [3.05, 3.63) is 29.1 Å². The van der Waals surface area contributed by atoms with Gasteiger partial charge in [0, 0.05) is 19.4 Å². The number of rotatable bonds is 14. The lowest BCUT2D eigenvalue weighted by Crippen LogP contribution is -2.27. The number of hydrogen-bond acceptors (Lipinski definition) is 6. The second-order valence-corrected chi connectivity index (χ2v) is 6.18. The molecule has 0 radical (unpaired) electrons. The zero-order valence-electron chi connectivity index (χ0n) is 16.5. The van der Waals surface area contributed by atoms with E-state index in [4.69, 9.17) is 14.6 Å². The number of ether oxygens (including phenoxy) is 3. The molecule has 8 nitrogen and oxygen atoms in total. The first-order chi connectivity index (χ1) is 14.2. The molecule has 0 heterocycles. The Bertz CT molecular complexity index is 717. The van der Waals surface area contributed by atoms with Crippen LogP contribution in [0.25, 0.3) is 0 Å². The zero-order chi connectivity index (χ0) is 22.5. The number of carbonyl (C=O) groups excluding carboxylic acids is 2. The second kappa shape index (κ2) is 13.5. The van der Waals surface area contributed by atoms with Gasteiger partial charge in [0.05, 0.1) is 32.8 Å². The number of esters is 1. The number of aryl methyl sites for hydroxylation is 1. The van der Waals surface area contributed by atoms with Crippen LogP contribution in [-0.2, 0) is 23.9 Å². The summed E-state index contributed by atoms with van der Waals surface area (Å²) in [6.07, 6.45) is -0.331. The minimum atomic E-state index is -1.59. The van der Waals surface area contributed by atoms with Gasteiger partial charge in [0.25, 0.3) is 0 Å². The molecule has 1 rings (SSSR count). The van der Waals surface area contributed by atoms with Crippen LogP contribution in [0.5, 0.6) is 5.75 Å². The van der Waals surface area contributed by atoms with E-state index >= 15 is 0 Å². The van der Waals surface area contributed by atoms with Gasteiger partial charge < -0.3 is 24.6 Å². The Morgan fingerprint density at radius 2 is 1.63 bits per heavy atom. The Hall–Kier alpha value is -2.66. The average Bonchev–Trinajstić information content (AvgIpc) is 2.68. The molecule has 0 aliphatic carbocycles. The topological polar surface area (TPSA) is 111 Å². The second-order valence-electron chi connectivity index (χ2n) is 6.18. The molecule has 30 heavy (non-hydrogen) atoms. The van der Waals surface area contributed by atoms with Crippen molar-refractivity contribution in [3.63, 3.8) is 0 Å². The maximum absolute atomic E-state index is 13.8. The Labute approximate surface area is 171 Å². The average molecular weight is 435 g/mol. The molecule has 0 saturated heterocycles. The van der Waals surface area contributed by atoms with E-state index in [1.165, 1.54) is 6.92 Å². The van der Waals surface area contributed by atoms with Crippen molar-refractivity contribution < 1.29 is 46.9 Å². The number of carboxylic acids is 1. The summed E-state index contributed by atoms with van der Waals surface area (Å²) < 4.78 is 55.4. The smallest absolute Gasteiger partial charge is 0.311 e. The number of amides is 1. The van der Waals surface area contributed by atoms with E-state index in [0.29, 0.717) is 6.07 Å². The van der Waals surface area contributed by atoms with Gasteiger partial charge >= 0.3 is 11.9 Å². The number of halogens is 3. The zero-order valence-corrected chi connectivity index (χ0v) is 16.5.